The van der Waals surface area contributed by atoms with Gasteiger partial charge in [0, 0.05) is 11.6 Å². The molecule has 2 aromatic rings. The first-order valence-electron chi connectivity index (χ1n) is 6.65. The van der Waals surface area contributed by atoms with E-state index < -0.39 is 0 Å². The van der Waals surface area contributed by atoms with E-state index >= 15 is 0 Å². The minimum Gasteiger partial charge on any atom is -0.395 e. The molecule has 0 fully saturated rings. The van der Waals surface area contributed by atoms with Crippen molar-refractivity contribution in [1.82, 2.24) is 14.9 Å². The van der Waals surface area contributed by atoms with Crippen LogP contribution < -0.4 is 5.56 Å². The first kappa shape index (κ1) is 15.0. The van der Waals surface area contributed by atoms with Gasteiger partial charge >= 0.3 is 0 Å². The van der Waals surface area contributed by atoms with Crippen LogP contribution in [0.25, 0.3) is 10.9 Å². The molecule has 0 atom stereocenters. The number of aliphatic hydroxyl groups is 1. The Morgan fingerprint density at radius 1 is 1.40 bits per heavy atom. The number of fused-ring (bicyclic) bond motifs is 1. The molecule has 0 aliphatic heterocycles. The maximum atomic E-state index is 12.0. The van der Waals surface area contributed by atoms with E-state index in [1.807, 2.05) is 0 Å². The lowest BCUT2D eigenvalue weighted by molar-refractivity contribution is 0.187. The third-order valence-corrected chi connectivity index (χ3v) is 3.28. The van der Waals surface area contributed by atoms with Crippen LogP contribution in [0.3, 0.4) is 0 Å². The average Bonchev–Trinajstić information content (AvgIpc) is 2.38. The van der Waals surface area contributed by atoms with Crippen LogP contribution in [0.4, 0.5) is 0 Å². The van der Waals surface area contributed by atoms with Gasteiger partial charge in [-0.05, 0) is 31.2 Å². The highest BCUT2D eigenvalue weighted by Gasteiger charge is 2.09. The van der Waals surface area contributed by atoms with Crippen LogP contribution in [-0.2, 0) is 6.54 Å². The van der Waals surface area contributed by atoms with Gasteiger partial charge in [0.2, 0.25) is 0 Å². The van der Waals surface area contributed by atoms with Crippen molar-refractivity contribution in [1.29, 1.82) is 0 Å². The van der Waals surface area contributed by atoms with Gasteiger partial charge in [-0.2, -0.15) is 0 Å². The summed E-state index contributed by atoms with van der Waals surface area (Å²) >= 11 is 5.93. The Labute approximate surface area is 122 Å². The third-order valence-electron chi connectivity index (χ3n) is 3.05. The van der Waals surface area contributed by atoms with Crippen molar-refractivity contribution in [3.8, 4) is 0 Å². The minimum absolute atomic E-state index is 0.0869. The van der Waals surface area contributed by atoms with Crippen molar-refractivity contribution >= 4 is 22.5 Å². The molecule has 5 nitrogen and oxygen atoms in total. The van der Waals surface area contributed by atoms with Crippen LogP contribution in [0.1, 0.15) is 19.2 Å². The Hall–Kier alpha value is -1.43. The Morgan fingerprint density at radius 2 is 2.20 bits per heavy atom. The smallest absolute Gasteiger partial charge is 0.258 e. The van der Waals surface area contributed by atoms with Crippen molar-refractivity contribution in [2.45, 2.75) is 19.9 Å². The van der Waals surface area contributed by atoms with Gasteiger partial charge in [-0.25, -0.2) is 4.98 Å². The van der Waals surface area contributed by atoms with Crippen molar-refractivity contribution in [2.24, 2.45) is 0 Å². The first-order valence-corrected chi connectivity index (χ1v) is 7.03. The van der Waals surface area contributed by atoms with E-state index in [0.29, 0.717) is 34.8 Å². The highest BCUT2D eigenvalue weighted by atomic mass is 35.5. The largest absolute Gasteiger partial charge is 0.395 e. The van der Waals surface area contributed by atoms with Gasteiger partial charge in [-0.15, -0.1) is 0 Å². The molecule has 0 saturated carbocycles. The summed E-state index contributed by atoms with van der Waals surface area (Å²) in [7, 11) is 0. The van der Waals surface area contributed by atoms with Crippen molar-refractivity contribution in [3.63, 3.8) is 0 Å². The number of rotatable bonds is 6. The zero-order chi connectivity index (χ0) is 14.5. The summed E-state index contributed by atoms with van der Waals surface area (Å²) in [4.78, 5) is 21.3. The maximum Gasteiger partial charge on any atom is 0.258 e. The number of H-pyrrole nitrogens is 1. The zero-order valence-electron chi connectivity index (χ0n) is 11.4. The molecule has 1 heterocycles. The Morgan fingerprint density at radius 3 is 2.90 bits per heavy atom. The number of halogens is 1. The number of aliphatic hydroxyl groups excluding tert-OH is 1. The summed E-state index contributed by atoms with van der Waals surface area (Å²) in [5.41, 5.74) is 0.429. The normalized spacial score (nSPS) is 11.4. The van der Waals surface area contributed by atoms with Crippen molar-refractivity contribution in [3.05, 3.63) is 39.4 Å². The molecule has 108 valence electrons. The fraction of sp³-hybridized carbons (Fsp3) is 0.429. The molecule has 20 heavy (non-hydrogen) atoms. The Balaban J connectivity index is 2.32. The molecule has 6 heteroatoms. The summed E-state index contributed by atoms with van der Waals surface area (Å²) in [6.07, 6.45) is 0.976. The zero-order valence-corrected chi connectivity index (χ0v) is 12.2. The van der Waals surface area contributed by atoms with E-state index in [1.54, 1.807) is 18.2 Å². The van der Waals surface area contributed by atoms with E-state index in [-0.39, 0.29) is 12.2 Å². The number of aromatic amines is 1. The number of benzene rings is 1. The fourth-order valence-corrected chi connectivity index (χ4v) is 2.34. The SMILES string of the molecule is CCCN(CCO)Cc1nc2cc(Cl)ccc2c(=O)[nH]1. The predicted octanol–water partition coefficient (Wildman–Crippen LogP) is 1.78. The van der Waals surface area contributed by atoms with E-state index in [4.69, 9.17) is 16.7 Å². The van der Waals surface area contributed by atoms with Crippen LogP contribution in [0.2, 0.25) is 5.02 Å². The molecule has 0 bridgehead atoms. The molecular weight excluding hydrogens is 278 g/mol. The summed E-state index contributed by atoms with van der Waals surface area (Å²) < 4.78 is 0. The number of nitrogens with one attached hydrogen (secondary N) is 1. The van der Waals surface area contributed by atoms with Gasteiger partial charge in [-0.3, -0.25) is 9.69 Å². The molecule has 0 unspecified atom stereocenters. The average molecular weight is 296 g/mol. The molecule has 2 N–H and O–H groups in total. The molecule has 0 saturated heterocycles. The predicted molar refractivity (Wildman–Crippen MR) is 80.0 cm³/mol. The molecule has 1 aromatic heterocycles. The summed E-state index contributed by atoms with van der Waals surface area (Å²) in [6.45, 7) is 4.07. The van der Waals surface area contributed by atoms with E-state index in [9.17, 15) is 4.79 Å². The lowest BCUT2D eigenvalue weighted by Gasteiger charge is -2.19. The molecule has 0 radical (unpaired) electrons. The maximum absolute atomic E-state index is 12.0. The minimum atomic E-state index is -0.165. The summed E-state index contributed by atoms with van der Waals surface area (Å²) in [5.74, 6) is 0.590. The topological polar surface area (TPSA) is 69.2 Å². The standard InChI is InChI=1S/C14H18ClN3O2/c1-2-5-18(6-7-19)9-13-16-12-8-10(15)3-4-11(12)14(20)17-13/h3-4,8,19H,2,5-7,9H2,1H3,(H,16,17,20). The van der Waals surface area contributed by atoms with Crippen LogP contribution in [-0.4, -0.2) is 39.7 Å². The first-order chi connectivity index (χ1) is 9.63. The van der Waals surface area contributed by atoms with Gasteiger partial charge in [0.05, 0.1) is 24.1 Å². The highest BCUT2D eigenvalue weighted by Crippen LogP contribution is 2.14. The monoisotopic (exact) mass is 295 g/mol. The van der Waals surface area contributed by atoms with Gasteiger partial charge < -0.3 is 10.1 Å². The molecular formula is C14H18ClN3O2. The van der Waals surface area contributed by atoms with Gasteiger partial charge in [0.1, 0.15) is 5.82 Å². The van der Waals surface area contributed by atoms with Crippen LogP contribution in [0, 0.1) is 0 Å². The van der Waals surface area contributed by atoms with Crippen LogP contribution in [0.5, 0.6) is 0 Å². The number of aromatic nitrogens is 2. The second-order valence-electron chi connectivity index (χ2n) is 4.67. The number of hydrogen-bond donors (Lipinski definition) is 2. The second-order valence-corrected chi connectivity index (χ2v) is 5.11. The van der Waals surface area contributed by atoms with E-state index in [2.05, 4.69) is 21.8 Å². The van der Waals surface area contributed by atoms with E-state index in [1.165, 1.54) is 0 Å². The number of hydrogen-bond acceptors (Lipinski definition) is 4. The molecule has 2 rings (SSSR count). The fourth-order valence-electron chi connectivity index (χ4n) is 2.18. The van der Waals surface area contributed by atoms with Gasteiger partial charge in [-0.1, -0.05) is 18.5 Å². The summed E-state index contributed by atoms with van der Waals surface area (Å²) in [5, 5.41) is 10.1. The third kappa shape index (κ3) is 3.56. The Bertz CT molecular complexity index is 636. The molecule has 0 aliphatic carbocycles. The second kappa shape index (κ2) is 6.83. The molecule has 0 amide bonds. The molecule has 1 aromatic carbocycles. The van der Waals surface area contributed by atoms with Crippen LogP contribution >= 0.6 is 11.6 Å². The van der Waals surface area contributed by atoms with E-state index in [0.717, 1.165) is 13.0 Å². The Kier molecular flexibility index (Phi) is 5.11. The quantitative estimate of drug-likeness (QED) is 0.852. The van der Waals surface area contributed by atoms with Crippen molar-refractivity contribution in [2.75, 3.05) is 19.7 Å². The molecule has 0 aliphatic rings. The summed E-state index contributed by atoms with van der Waals surface area (Å²) in [6, 6.07) is 5.03. The molecule has 0 spiro atoms. The van der Waals surface area contributed by atoms with Crippen LogP contribution in [0.15, 0.2) is 23.0 Å². The lowest BCUT2D eigenvalue weighted by atomic mass is 10.2. The highest BCUT2D eigenvalue weighted by molar-refractivity contribution is 6.31. The van der Waals surface area contributed by atoms with Gasteiger partial charge in [0.15, 0.2) is 0 Å². The van der Waals surface area contributed by atoms with Gasteiger partial charge in [0.25, 0.3) is 5.56 Å². The lowest BCUT2D eigenvalue weighted by Crippen LogP contribution is -2.29. The number of nitrogens with zero attached hydrogens (tertiary/aromatic N) is 2. The van der Waals surface area contributed by atoms with Crippen molar-refractivity contribution < 1.29 is 5.11 Å².